The van der Waals surface area contributed by atoms with Crippen LogP contribution in [0.4, 0.5) is 0 Å². The average Bonchev–Trinajstić information content (AvgIpc) is 2.27. The summed E-state index contributed by atoms with van der Waals surface area (Å²) in [7, 11) is 0. The Morgan fingerprint density at radius 2 is 1.94 bits per heavy atom. The molecular formula is C14H22N2. The van der Waals surface area contributed by atoms with Crippen LogP contribution in [0.2, 0.25) is 0 Å². The number of rotatable bonds is 2. The number of nitrogens with zero attached hydrogens (tertiary/aromatic N) is 1. The molecule has 0 saturated carbocycles. The highest BCUT2D eigenvalue weighted by Crippen LogP contribution is 2.22. The van der Waals surface area contributed by atoms with E-state index in [9.17, 15) is 0 Å². The third-order valence-electron chi connectivity index (χ3n) is 3.72. The number of hydrogen-bond acceptors (Lipinski definition) is 2. The number of benzene rings is 1. The maximum Gasteiger partial charge on any atom is 0.0236 e. The molecule has 0 amide bonds. The molecule has 3 atom stereocenters. The summed E-state index contributed by atoms with van der Waals surface area (Å²) in [6, 6.07) is 11.7. The average molecular weight is 218 g/mol. The summed E-state index contributed by atoms with van der Waals surface area (Å²) in [5, 5.41) is 0. The van der Waals surface area contributed by atoms with Crippen molar-refractivity contribution in [2.24, 2.45) is 11.7 Å². The third-order valence-corrected chi connectivity index (χ3v) is 3.72. The van der Waals surface area contributed by atoms with Gasteiger partial charge in [-0.3, -0.25) is 4.90 Å². The maximum atomic E-state index is 6.10. The summed E-state index contributed by atoms with van der Waals surface area (Å²) in [6.45, 7) is 6.72. The molecule has 0 unspecified atom stereocenters. The van der Waals surface area contributed by atoms with Gasteiger partial charge in [-0.2, -0.15) is 0 Å². The van der Waals surface area contributed by atoms with Crippen LogP contribution in [0.5, 0.6) is 0 Å². The van der Waals surface area contributed by atoms with Crippen molar-refractivity contribution in [1.82, 2.24) is 4.90 Å². The van der Waals surface area contributed by atoms with Gasteiger partial charge in [0.2, 0.25) is 0 Å². The number of piperidine rings is 1. The summed E-state index contributed by atoms with van der Waals surface area (Å²) in [6.07, 6.45) is 1.12. The van der Waals surface area contributed by atoms with E-state index in [1.54, 1.807) is 0 Å². The van der Waals surface area contributed by atoms with Crippen LogP contribution in [0.25, 0.3) is 0 Å². The fourth-order valence-corrected chi connectivity index (χ4v) is 2.50. The molecule has 2 heteroatoms. The van der Waals surface area contributed by atoms with Crippen LogP contribution in [0, 0.1) is 5.92 Å². The number of hydrogen-bond donors (Lipinski definition) is 1. The minimum atomic E-state index is 0.377. The smallest absolute Gasteiger partial charge is 0.0236 e. The third kappa shape index (κ3) is 2.63. The van der Waals surface area contributed by atoms with Gasteiger partial charge in [0.1, 0.15) is 0 Å². The molecule has 1 aromatic carbocycles. The van der Waals surface area contributed by atoms with E-state index in [1.165, 1.54) is 5.56 Å². The van der Waals surface area contributed by atoms with Crippen LogP contribution in [-0.4, -0.2) is 23.5 Å². The van der Waals surface area contributed by atoms with Crippen LogP contribution < -0.4 is 5.73 Å². The summed E-state index contributed by atoms with van der Waals surface area (Å²) in [5.41, 5.74) is 7.50. The zero-order valence-electron chi connectivity index (χ0n) is 10.3. The van der Waals surface area contributed by atoms with E-state index in [-0.39, 0.29) is 0 Å². The second-order valence-electron chi connectivity index (χ2n) is 5.14. The highest BCUT2D eigenvalue weighted by Gasteiger charge is 2.28. The Morgan fingerprint density at radius 1 is 1.25 bits per heavy atom. The second kappa shape index (κ2) is 4.98. The molecule has 1 aliphatic heterocycles. The Hall–Kier alpha value is -0.860. The molecule has 2 rings (SSSR count). The molecule has 0 bridgehead atoms. The van der Waals surface area contributed by atoms with Gasteiger partial charge in [0.05, 0.1) is 0 Å². The minimum absolute atomic E-state index is 0.377. The lowest BCUT2D eigenvalue weighted by molar-refractivity contribution is 0.102. The highest BCUT2D eigenvalue weighted by atomic mass is 15.2. The Bertz CT molecular complexity index is 323. The fourth-order valence-electron chi connectivity index (χ4n) is 2.50. The molecular weight excluding hydrogens is 196 g/mol. The quantitative estimate of drug-likeness (QED) is 0.825. The van der Waals surface area contributed by atoms with Gasteiger partial charge in [-0.25, -0.2) is 0 Å². The first kappa shape index (κ1) is 11.6. The minimum Gasteiger partial charge on any atom is -0.327 e. The number of nitrogens with two attached hydrogens (primary N) is 1. The van der Waals surface area contributed by atoms with Gasteiger partial charge in [0.25, 0.3) is 0 Å². The van der Waals surface area contributed by atoms with Crippen molar-refractivity contribution < 1.29 is 0 Å². The molecule has 1 aromatic rings. The first-order chi connectivity index (χ1) is 7.66. The molecule has 0 spiro atoms. The standard InChI is InChI=1S/C14H22N2/c1-11-9-16(12(2)8-14(11)15)10-13-6-4-3-5-7-13/h3-7,11-12,14H,8-10,15H2,1-2H3/t11-,12-,14-/m1/s1. The summed E-state index contributed by atoms with van der Waals surface area (Å²) < 4.78 is 0. The van der Waals surface area contributed by atoms with Crippen LogP contribution >= 0.6 is 0 Å². The van der Waals surface area contributed by atoms with Crippen molar-refractivity contribution >= 4 is 0 Å². The predicted octanol–water partition coefficient (Wildman–Crippen LogP) is 2.24. The van der Waals surface area contributed by atoms with E-state index in [4.69, 9.17) is 5.73 Å². The molecule has 0 aliphatic carbocycles. The monoisotopic (exact) mass is 218 g/mol. The van der Waals surface area contributed by atoms with Crippen molar-refractivity contribution in [1.29, 1.82) is 0 Å². The Balaban J connectivity index is 2.00. The molecule has 1 heterocycles. The molecule has 1 fully saturated rings. The Kier molecular flexibility index (Phi) is 3.62. The van der Waals surface area contributed by atoms with Crippen molar-refractivity contribution in [2.45, 2.75) is 38.9 Å². The number of likely N-dealkylation sites (tertiary alicyclic amines) is 1. The largest absolute Gasteiger partial charge is 0.327 e. The van der Waals surface area contributed by atoms with Crippen LogP contribution in [0.3, 0.4) is 0 Å². The first-order valence-corrected chi connectivity index (χ1v) is 6.20. The summed E-state index contributed by atoms with van der Waals surface area (Å²) >= 11 is 0. The Morgan fingerprint density at radius 3 is 2.62 bits per heavy atom. The predicted molar refractivity (Wildman–Crippen MR) is 68.1 cm³/mol. The topological polar surface area (TPSA) is 29.3 Å². The molecule has 2 N–H and O–H groups in total. The van der Waals surface area contributed by atoms with E-state index in [0.717, 1.165) is 19.5 Å². The molecule has 2 nitrogen and oxygen atoms in total. The molecule has 1 saturated heterocycles. The maximum absolute atomic E-state index is 6.10. The van der Waals surface area contributed by atoms with Gasteiger partial charge in [-0.15, -0.1) is 0 Å². The van der Waals surface area contributed by atoms with Gasteiger partial charge in [-0.05, 0) is 24.8 Å². The Labute approximate surface area is 98.4 Å². The van der Waals surface area contributed by atoms with Crippen molar-refractivity contribution in [2.75, 3.05) is 6.54 Å². The van der Waals surface area contributed by atoms with Gasteiger partial charge in [0.15, 0.2) is 0 Å². The van der Waals surface area contributed by atoms with Gasteiger partial charge < -0.3 is 5.73 Å². The lowest BCUT2D eigenvalue weighted by Gasteiger charge is -2.40. The van der Waals surface area contributed by atoms with Gasteiger partial charge in [-0.1, -0.05) is 37.3 Å². The molecule has 1 aliphatic rings. The van der Waals surface area contributed by atoms with Crippen LogP contribution in [0.1, 0.15) is 25.8 Å². The van der Waals surface area contributed by atoms with Crippen molar-refractivity contribution in [3.05, 3.63) is 35.9 Å². The lowest BCUT2D eigenvalue weighted by Crippen LogP contribution is -2.50. The van der Waals surface area contributed by atoms with Gasteiger partial charge in [0, 0.05) is 25.2 Å². The highest BCUT2D eigenvalue weighted by molar-refractivity contribution is 5.14. The molecule has 16 heavy (non-hydrogen) atoms. The van der Waals surface area contributed by atoms with Crippen LogP contribution in [-0.2, 0) is 6.54 Å². The zero-order valence-corrected chi connectivity index (χ0v) is 10.3. The van der Waals surface area contributed by atoms with E-state index in [1.807, 2.05) is 0 Å². The van der Waals surface area contributed by atoms with Crippen LogP contribution in [0.15, 0.2) is 30.3 Å². The van der Waals surface area contributed by atoms with Gasteiger partial charge >= 0.3 is 0 Å². The fraction of sp³-hybridized carbons (Fsp3) is 0.571. The molecule has 0 aromatic heterocycles. The summed E-state index contributed by atoms with van der Waals surface area (Å²) in [4.78, 5) is 2.54. The van der Waals surface area contributed by atoms with E-state index < -0.39 is 0 Å². The van der Waals surface area contributed by atoms with E-state index in [0.29, 0.717) is 18.0 Å². The first-order valence-electron chi connectivity index (χ1n) is 6.20. The van der Waals surface area contributed by atoms with Crippen molar-refractivity contribution in [3.8, 4) is 0 Å². The van der Waals surface area contributed by atoms with E-state index >= 15 is 0 Å². The SMILES string of the molecule is C[C@@H]1CN(Cc2ccccc2)[C@H](C)C[C@H]1N. The lowest BCUT2D eigenvalue weighted by atomic mass is 9.90. The molecule has 88 valence electrons. The molecule has 0 radical (unpaired) electrons. The second-order valence-corrected chi connectivity index (χ2v) is 5.14. The van der Waals surface area contributed by atoms with E-state index in [2.05, 4.69) is 49.1 Å². The zero-order chi connectivity index (χ0) is 11.5. The normalized spacial score (nSPS) is 31.6. The van der Waals surface area contributed by atoms with Crippen molar-refractivity contribution in [3.63, 3.8) is 0 Å². The summed E-state index contributed by atoms with van der Waals surface area (Å²) in [5.74, 6) is 0.611.